The minimum atomic E-state index is -0.0759. The van der Waals surface area contributed by atoms with Gasteiger partial charge in [-0.3, -0.25) is 9.78 Å². The highest BCUT2D eigenvalue weighted by molar-refractivity contribution is 6.30. The number of unbranched alkanes of at least 4 members (excludes halogenated alkanes) is 1. The number of carbonyl (C=O) groups is 1. The Morgan fingerprint density at radius 1 is 1.06 bits per heavy atom. The van der Waals surface area contributed by atoms with Crippen LogP contribution < -0.4 is 4.74 Å². The Morgan fingerprint density at radius 3 is 2.66 bits per heavy atom. The molecule has 0 bridgehead atoms. The van der Waals surface area contributed by atoms with Crippen molar-refractivity contribution in [2.75, 3.05) is 13.7 Å². The zero-order valence-corrected chi connectivity index (χ0v) is 18.7. The van der Waals surface area contributed by atoms with Gasteiger partial charge in [0.1, 0.15) is 11.6 Å². The fourth-order valence-electron chi connectivity index (χ4n) is 3.58. The van der Waals surface area contributed by atoms with E-state index in [0.29, 0.717) is 23.7 Å². The first-order valence-corrected chi connectivity index (χ1v) is 11.0. The molecule has 0 aliphatic carbocycles. The molecule has 1 amide bonds. The zero-order chi connectivity index (χ0) is 22.3. The molecule has 6 nitrogen and oxygen atoms in total. The maximum atomic E-state index is 12.8. The van der Waals surface area contributed by atoms with Crippen molar-refractivity contribution in [1.82, 2.24) is 19.4 Å². The number of ether oxygens (including phenoxy) is 1. The molecule has 32 heavy (non-hydrogen) atoms. The molecule has 0 aliphatic heterocycles. The van der Waals surface area contributed by atoms with Crippen LogP contribution in [0.25, 0.3) is 11.0 Å². The summed E-state index contributed by atoms with van der Waals surface area (Å²) in [5.74, 6) is 1.61. The van der Waals surface area contributed by atoms with E-state index in [1.54, 1.807) is 36.5 Å². The number of benzene rings is 2. The largest absolute Gasteiger partial charge is 0.494 e. The normalized spacial score (nSPS) is 10.9. The molecule has 0 unspecified atom stereocenters. The van der Waals surface area contributed by atoms with Gasteiger partial charge >= 0.3 is 0 Å². The van der Waals surface area contributed by atoms with Gasteiger partial charge in [-0.05, 0) is 61.4 Å². The van der Waals surface area contributed by atoms with Gasteiger partial charge in [0.25, 0.3) is 5.91 Å². The molecule has 0 saturated carbocycles. The number of carbonyl (C=O) groups excluding carboxylic acids is 1. The van der Waals surface area contributed by atoms with E-state index >= 15 is 0 Å². The molecule has 2 aromatic carbocycles. The first-order valence-electron chi connectivity index (χ1n) is 10.6. The van der Waals surface area contributed by atoms with Gasteiger partial charge < -0.3 is 14.2 Å². The third-order valence-corrected chi connectivity index (χ3v) is 5.48. The highest BCUT2D eigenvalue weighted by Crippen LogP contribution is 2.19. The summed E-state index contributed by atoms with van der Waals surface area (Å²) >= 11 is 5.91. The Balaban J connectivity index is 1.41. The average molecular weight is 449 g/mol. The lowest BCUT2D eigenvalue weighted by atomic mass is 10.2. The predicted octanol–water partition coefficient (Wildman–Crippen LogP) is 5.22. The van der Waals surface area contributed by atoms with Gasteiger partial charge in [0, 0.05) is 31.0 Å². The SMILES string of the molecule is CN(Cc1nc2ccccc2n1CCCCOc1ccc(Cl)cc1)C(=O)c1cccnc1. The standard InChI is InChI=1S/C25H25ClN4O2/c1-29(25(31)19-7-6-14-27-17-19)18-24-28-22-8-2-3-9-23(22)30(24)15-4-5-16-32-21-12-10-20(26)11-13-21/h2-3,6-14,17H,4-5,15-16,18H2,1H3. The first-order chi connectivity index (χ1) is 15.6. The van der Waals surface area contributed by atoms with Crippen molar-refractivity contribution in [2.24, 2.45) is 0 Å². The molecule has 0 saturated heterocycles. The lowest BCUT2D eigenvalue weighted by Gasteiger charge is -2.18. The molecule has 2 heterocycles. The van der Waals surface area contributed by atoms with Crippen LogP contribution in [0.15, 0.2) is 73.1 Å². The van der Waals surface area contributed by atoms with Crippen LogP contribution in [0, 0.1) is 0 Å². The number of halogens is 1. The molecule has 0 spiro atoms. The molecule has 4 rings (SSSR count). The summed E-state index contributed by atoms with van der Waals surface area (Å²) in [5, 5.41) is 0.698. The van der Waals surface area contributed by atoms with Crippen LogP contribution in [0.5, 0.6) is 5.75 Å². The molecule has 0 N–H and O–H groups in total. The minimum absolute atomic E-state index is 0.0759. The second-order valence-electron chi connectivity index (χ2n) is 7.58. The first kappa shape index (κ1) is 21.8. The van der Waals surface area contributed by atoms with Crippen molar-refractivity contribution in [1.29, 1.82) is 0 Å². The van der Waals surface area contributed by atoms with E-state index < -0.39 is 0 Å². The number of imidazole rings is 1. The van der Waals surface area contributed by atoms with E-state index in [0.717, 1.165) is 42.0 Å². The van der Waals surface area contributed by atoms with Gasteiger partial charge in [0.2, 0.25) is 0 Å². The highest BCUT2D eigenvalue weighted by Gasteiger charge is 2.17. The molecule has 0 aliphatic rings. The van der Waals surface area contributed by atoms with Crippen molar-refractivity contribution in [3.63, 3.8) is 0 Å². The second-order valence-corrected chi connectivity index (χ2v) is 8.02. The maximum Gasteiger partial charge on any atom is 0.255 e. The van der Waals surface area contributed by atoms with Gasteiger partial charge in [-0.1, -0.05) is 23.7 Å². The lowest BCUT2D eigenvalue weighted by molar-refractivity contribution is 0.0779. The number of aromatic nitrogens is 3. The molecular formula is C25H25ClN4O2. The van der Waals surface area contributed by atoms with Crippen LogP contribution >= 0.6 is 11.6 Å². The van der Waals surface area contributed by atoms with Gasteiger partial charge in [-0.15, -0.1) is 0 Å². The highest BCUT2D eigenvalue weighted by atomic mass is 35.5. The van der Waals surface area contributed by atoms with Crippen LogP contribution in [-0.2, 0) is 13.1 Å². The van der Waals surface area contributed by atoms with Gasteiger partial charge in [-0.2, -0.15) is 0 Å². The average Bonchev–Trinajstić information content (AvgIpc) is 3.17. The number of hydrogen-bond donors (Lipinski definition) is 0. The summed E-state index contributed by atoms with van der Waals surface area (Å²) in [6, 6.07) is 19.0. The lowest BCUT2D eigenvalue weighted by Crippen LogP contribution is -2.28. The fourth-order valence-corrected chi connectivity index (χ4v) is 3.71. The number of fused-ring (bicyclic) bond motifs is 1. The molecular weight excluding hydrogens is 424 g/mol. The van der Waals surface area contributed by atoms with Crippen molar-refractivity contribution in [3.05, 3.63) is 89.5 Å². The number of amides is 1. The van der Waals surface area contributed by atoms with Crippen molar-refractivity contribution in [2.45, 2.75) is 25.9 Å². The zero-order valence-electron chi connectivity index (χ0n) is 17.9. The van der Waals surface area contributed by atoms with E-state index in [4.69, 9.17) is 21.3 Å². The smallest absolute Gasteiger partial charge is 0.255 e. The molecule has 4 aromatic rings. The van der Waals surface area contributed by atoms with Gasteiger partial charge in [-0.25, -0.2) is 4.98 Å². The monoisotopic (exact) mass is 448 g/mol. The van der Waals surface area contributed by atoms with Crippen LogP contribution in [0.4, 0.5) is 0 Å². The predicted molar refractivity (Wildman–Crippen MR) is 126 cm³/mol. The summed E-state index contributed by atoms with van der Waals surface area (Å²) in [5.41, 5.74) is 2.57. The van der Waals surface area contributed by atoms with Gasteiger partial charge in [0.15, 0.2) is 0 Å². The number of para-hydroxylation sites is 2. The van der Waals surface area contributed by atoms with Crippen LogP contribution in [-0.4, -0.2) is 39.0 Å². The van der Waals surface area contributed by atoms with Crippen molar-refractivity contribution >= 4 is 28.5 Å². The van der Waals surface area contributed by atoms with E-state index in [1.807, 2.05) is 42.5 Å². The van der Waals surface area contributed by atoms with Crippen molar-refractivity contribution < 1.29 is 9.53 Å². The Morgan fingerprint density at radius 2 is 1.88 bits per heavy atom. The summed E-state index contributed by atoms with van der Waals surface area (Å²) in [6.45, 7) is 1.85. The van der Waals surface area contributed by atoms with E-state index in [9.17, 15) is 4.79 Å². The molecule has 0 atom stereocenters. The summed E-state index contributed by atoms with van der Waals surface area (Å²) in [4.78, 5) is 23.3. The molecule has 7 heteroatoms. The van der Waals surface area contributed by atoms with Crippen LogP contribution in [0.3, 0.4) is 0 Å². The number of rotatable bonds is 9. The maximum absolute atomic E-state index is 12.8. The molecule has 164 valence electrons. The Bertz CT molecular complexity index is 1180. The third kappa shape index (κ3) is 5.26. The van der Waals surface area contributed by atoms with Crippen LogP contribution in [0.2, 0.25) is 5.02 Å². The van der Waals surface area contributed by atoms with E-state index in [2.05, 4.69) is 15.6 Å². The number of nitrogens with zero attached hydrogens (tertiary/aromatic N) is 4. The van der Waals surface area contributed by atoms with Gasteiger partial charge in [0.05, 0.1) is 29.7 Å². The second kappa shape index (κ2) is 10.3. The van der Waals surface area contributed by atoms with Crippen LogP contribution in [0.1, 0.15) is 29.0 Å². The molecule has 2 aromatic heterocycles. The number of hydrogen-bond acceptors (Lipinski definition) is 4. The summed E-state index contributed by atoms with van der Waals surface area (Å²) in [7, 11) is 1.79. The summed E-state index contributed by atoms with van der Waals surface area (Å²) < 4.78 is 8.00. The Labute approximate surface area is 192 Å². The fraction of sp³-hybridized carbons (Fsp3) is 0.240. The number of pyridine rings is 1. The Kier molecular flexibility index (Phi) is 7.02. The summed E-state index contributed by atoms with van der Waals surface area (Å²) in [6.07, 6.45) is 5.08. The van der Waals surface area contributed by atoms with E-state index in [1.165, 1.54) is 0 Å². The third-order valence-electron chi connectivity index (χ3n) is 5.23. The molecule has 0 fully saturated rings. The topological polar surface area (TPSA) is 60.2 Å². The van der Waals surface area contributed by atoms with Crippen molar-refractivity contribution in [3.8, 4) is 5.75 Å². The molecule has 0 radical (unpaired) electrons. The minimum Gasteiger partial charge on any atom is -0.494 e. The Hall–Kier alpha value is -3.38. The number of aryl methyl sites for hydroxylation is 1. The van der Waals surface area contributed by atoms with E-state index in [-0.39, 0.29) is 5.91 Å². The quantitative estimate of drug-likeness (QED) is 0.329.